The fraction of sp³-hybridized carbons (Fsp3) is 0.720. The summed E-state index contributed by atoms with van der Waals surface area (Å²) in [7, 11) is 0. The number of hydrogen-bond donors (Lipinski definition) is 1. The topological polar surface area (TPSA) is 55.8 Å². The third kappa shape index (κ3) is 6.74. The van der Waals surface area contributed by atoms with Crippen molar-refractivity contribution in [2.45, 2.75) is 85.2 Å². The van der Waals surface area contributed by atoms with Crippen LogP contribution in [0, 0.1) is 17.8 Å². The molecule has 1 fully saturated rings. The standard InChI is InChI=1S/C23H34O4.C2H6/c1-3-4-5-7-16(2)10-11-22-20-12-17-8-6-9-21(27-15-23(24)25)19(17)13-18(20)14-26-22;1-2/h6,8-9,16,18,20,22H,3-5,7,10-15H2,1-2H3,(H,24,25);1-2H3/t16?,18-,20-,22+;/m0./s1. The Kier molecular flexibility index (Phi) is 9.99. The normalized spacial score (nSPS) is 23.4. The number of rotatable bonds is 10. The summed E-state index contributed by atoms with van der Waals surface area (Å²) in [4.78, 5) is 10.8. The molecule has 0 radical (unpaired) electrons. The van der Waals surface area contributed by atoms with Crippen LogP contribution in [0.4, 0.5) is 0 Å². The molecule has 4 atom stereocenters. The number of carboxylic acids is 1. The minimum Gasteiger partial charge on any atom is -0.482 e. The lowest BCUT2D eigenvalue weighted by Gasteiger charge is -2.30. The number of hydrogen-bond acceptors (Lipinski definition) is 3. The van der Waals surface area contributed by atoms with Crippen LogP contribution >= 0.6 is 0 Å². The molecule has 1 aromatic carbocycles. The summed E-state index contributed by atoms with van der Waals surface area (Å²) >= 11 is 0. The lowest BCUT2D eigenvalue weighted by molar-refractivity contribution is -0.139. The van der Waals surface area contributed by atoms with Crippen LogP contribution in [0.5, 0.6) is 5.75 Å². The zero-order valence-corrected chi connectivity index (χ0v) is 18.8. The molecule has 1 unspecified atom stereocenters. The van der Waals surface area contributed by atoms with Crippen molar-refractivity contribution in [1.82, 2.24) is 0 Å². The Bertz CT molecular complexity index is 627. The second-order valence-electron chi connectivity index (χ2n) is 8.46. The molecular formula is C25H40O4. The maximum Gasteiger partial charge on any atom is 0.341 e. The monoisotopic (exact) mass is 404 g/mol. The molecule has 4 heteroatoms. The predicted octanol–water partition coefficient (Wildman–Crippen LogP) is 5.90. The van der Waals surface area contributed by atoms with Gasteiger partial charge in [0.15, 0.2) is 6.61 Å². The average molecular weight is 405 g/mol. The molecule has 1 aromatic rings. The molecule has 1 aliphatic heterocycles. The molecule has 4 nitrogen and oxygen atoms in total. The van der Waals surface area contributed by atoms with Crippen molar-refractivity contribution in [3.05, 3.63) is 29.3 Å². The summed E-state index contributed by atoms with van der Waals surface area (Å²) in [6, 6.07) is 6.05. The van der Waals surface area contributed by atoms with Crippen molar-refractivity contribution >= 4 is 5.97 Å². The molecule has 29 heavy (non-hydrogen) atoms. The van der Waals surface area contributed by atoms with Crippen LogP contribution in [0.2, 0.25) is 0 Å². The van der Waals surface area contributed by atoms with Crippen molar-refractivity contribution in [1.29, 1.82) is 0 Å². The smallest absolute Gasteiger partial charge is 0.341 e. The van der Waals surface area contributed by atoms with Gasteiger partial charge in [0.25, 0.3) is 0 Å². The largest absolute Gasteiger partial charge is 0.482 e. The average Bonchev–Trinajstić information content (AvgIpc) is 3.12. The first-order valence-corrected chi connectivity index (χ1v) is 11.7. The highest BCUT2D eigenvalue weighted by Crippen LogP contribution is 2.42. The molecule has 2 aliphatic rings. The molecule has 0 amide bonds. The van der Waals surface area contributed by atoms with E-state index in [1.54, 1.807) is 0 Å². The van der Waals surface area contributed by atoms with Crippen molar-refractivity contribution in [2.24, 2.45) is 17.8 Å². The lowest BCUT2D eigenvalue weighted by atomic mass is 9.74. The summed E-state index contributed by atoms with van der Waals surface area (Å²) in [5, 5.41) is 8.89. The van der Waals surface area contributed by atoms with Gasteiger partial charge in [0.1, 0.15) is 5.75 Å². The highest BCUT2D eigenvalue weighted by atomic mass is 16.5. The fourth-order valence-electron chi connectivity index (χ4n) is 4.76. The van der Waals surface area contributed by atoms with E-state index in [-0.39, 0.29) is 6.61 Å². The van der Waals surface area contributed by atoms with E-state index in [2.05, 4.69) is 19.9 Å². The minimum absolute atomic E-state index is 0.278. The van der Waals surface area contributed by atoms with Gasteiger partial charge in [-0.1, -0.05) is 65.5 Å². The van der Waals surface area contributed by atoms with Gasteiger partial charge in [-0.25, -0.2) is 4.79 Å². The Morgan fingerprint density at radius 1 is 1.24 bits per heavy atom. The van der Waals surface area contributed by atoms with Crippen LogP contribution < -0.4 is 4.74 Å². The molecular weight excluding hydrogens is 364 g/mol. The van der Waals surface area contributed by atoms with E-state index >= 15 is 0 Å². The zero-order valence-electron chi connectivity index (χ0n) is 18.8. The molecule has 0 bridgehead atoms. The van der Waals surface area contributed by atoms with Gasteiger partial charge in [-0.15, -0.1) is 0 Å². The number of carboxylic acid groups (broad SMARTS) is 1. The van der Waals surface area contributed by atoms with E-state index in [0.717, 1.165) is 31.1 Å². The van der Waals surface area contributed by atoms with E-state index in [0.29, 0.717) is 17.9 Å². The minimum atomic E-state index is -0.932. The lowest BCUT2D eigenvalue weighted by Crippen LogP contribution is -2.29. The Morgan fingerprint density at radius 2 is 2.03 bits per heavy atom. The molecule has 1 heterocycles. The van der Waals surface area contributed by atoms with Crippen LogP contribution in [-0.2, 0) is 22.4 Å². The Labute approximate surface area is 177 Å². The van der Waals surface area contributed by atoms with Crippen LogP contribution in [-0.4, -0.2) is 30.4 Å². The van der Waals surface area contributed by atoms with Gasteiger partial charge in [-0.3, -0.25) is 0 Å². The maximum absolute atomic E-state index is 10.8. The van der Waals surface area contributed by atoms with E-state index in [1.165, 1.54) is 49.7 Å². The summed E-state index contributed by atoms with van der Waals surface area (Å²) in [6.45, 7) is 9.19. The van der Waals surface area contributed by atoms with E-state index < -0.39 is 5.97 Å². The molecule has 3 rings (SSSR count). The fourth-order valence-corrected chi connectivity index (χ4v) is 4.76. The van der Waals surface area contributed by atoms with Gasteiger partial charge in [0, 0.05) is 0 Å². The van der Waals surface area contributed by atoms with Crippen LogP contribution in [0.1, 0.15) is 77.3 Å². The number of ether oxygens (including phenoxy) is 2. The van der Waals surface area contributed by atoms with E-state index in [1.807, 2.05) is 26.0 Å². The quantitative estimate of drug-likeness (QED) is 0.493. The molecule has 0 spiro atoms. The number of benzene rings is 1. The first-order chi connectivity index (χ1) is 14.1. The molecule has 0 aromatic heterocycles. The molecule has 164 valence electrons. The van der Waals surface area contributed by atoms with E-state index in [9.17, 15) is 4.79 Å². The van der Waals surface area contributed by atoms with Crippen molar-refractivity contribution in [3.63, 3.8) is 0 Å². The van der Waals surface area contributed by atoms with Gasteiger partial charge < -0.3 is 14.6 Å². The summed E-state index contributed by atoms with van der Waals surface area (Å²) < 4.78 is 11.7. The van der Waals surface area contributed by atoms with Crippen molar-refractivity contribution in [2.75, 3.05) is 13.2 Å². The number of fused-ring (bicyclic) bond motifs is 2. The molecule has 0 saturated carbocycles. The maximum atomic E-state index is 10.8. The second-order valence-corrected chi connectivity index (χ2v) is 8.46. The Morgan fingerprint density at radius 3 is 2.76 bits per heavy atom. The van der Waals surface area contributed by atoms with Crippen LogP contribution in [0.25, 0.3) is 0 Å². The number of carbonyl (C=O) groups is 1. The molecule has 1 aliphatic carbocycles. The van der Waals surface area contributed by atoms with Crippen molar-refractivity contribution < 1.29 is 19.4 Å². The first-order valence-electron chi connectivity index (χ1n) is 11.7. The van der Waals surface area contributed by atoms with E-state index in [4.69, 9.17) is 14.6 Å². The summed E-state index contributed by atoms with van der Waals surface area (Å²) in [6.07, 6.45) is 10.1. The Balaban J connectivity index is 0.00000145. The summed E-state index contributed by atoms with van der Waals surface area (Å²) in [5.74, 6) is 1.72. The summed E-state index contributed by atoms with van der Waals surface area (Å²) in [5.41, 5.74) is 2.50. The predicted molar refractivity (Wildman–Crippen MR) is 118 cm³/mol. The van der Waals surface area contributed by atoms with Crippen molar-refractivity contribution in [3.8, 4) is 5.75 Å². The third-order valence-corrected chi connectivity index (χ3v) is 6.36. The Hall–Kier alpha value is -1.55. The van der Waals surface area contributed by atoms with Crippen LogP contribution in [0.15, 0.2) is 18.2 Å². The zero-order chi connectivity index (χ0) is 21.2. The van der Waals surface area contributed by atoms with Crippen LogP contribution in [0.3, 0.4) is 0 Å². The van der Waals surface area contributed by atoms with Gasteiger partial charge in [-0.05, 0) is 60.6 Å². The number of unbranched alkanes of at least 4 members (excludes halogenated alkanes) is 2. The highest BCUT2D eigenvalue weighted by molar-refractivity contribution is 5.68. The van der Waals surface area contributed by atoms with Gasteiger partial charge >= 0.3 is 5.97 Å². The first kappa shape index (κ1) is 23.7. The van der Waals surface area contributed by atoms with Gasteiger partial charge in [0.05, 0.1) is 12.7 Å². The SMILES string of the molecule is CC.CCCCCC(C)CC[C@H]1OC[C@@H]2Cc3c(cccc3OCC(=O)O)C[C@@H]21. The molecule has 1 N–H and O–H groups in total. The van der Waals surface area contributed by atoms with Gasteiger partial charge in [-0.2, -0.15) is 0 Å². The number of aliphatic carboxylic acids is 1. The third-order valence-electron chi connectivity index (χ3n) is 6.36. The highest BCUT2D eigenvalue weighted by Gasteiger charge is 2.40. The molecule has 1 saturated heterocycles. The second kappa shape index (κ2) is 12.2. The van der Waals surface area contributed by atoms with Gasteiger partial charge in [0.2, 0.25) is 0 Å².